The average molecular weight is 281 g/mol. The highest BCUT2D eigenvalue weighted by Crippen LogP contribution is 2.18. The lowest BCUT2D eigenvalue weighted by Gasteiger charge is -2.04. The first kappa shape index (κ1) is 15.8. The van der Waals surface area contributed by atoms with E-state index in [1.54, 1.807) is 0 Å². The van der Waals surface area contributed by atoms with Crippen LogP contribution in [-0.2, 0) is 6.42 Å². The van der Waals surface area contributed by atoms with Crippen molar-refractivity contribution < 1.29 is 0 Å². The molecule has 112 valence electrons. The first-order valence-electron chi connectivity index (χ1n) is 8.40. The molecule has 0 atom stereocenters. The third kappa shape index (κ3) is 5.71. The standard InChI is InChI=1S/C20H27N/c1-2-3-4-5-6-7-11-14-20-16-15-19(17-21-20)18-12-9-8-10-13-18/h8-10,12-13,15-17H,2-7,11,14H2,1H3. The molecule has 1 aromatic carbocycles. The lowest BCUT2D eigenvalue weighted by molar-refractivity contribution is 0.587. The van der Waals surface area contributed by atoms with Crippen molar-refractivity contribution in [1.29, 1.82) is 0 Å². The lowest BCUT2D eigenvalue weighted by Crippen LogP contribution is -1.91. The summed E-state index contributed by atoms with van der Waals surface area (Å²) in [7, 11) is 0. The molecule has 0 spiro atoms. The normalized spacial score (nSPS) is 10.7. The van der Waals surface area contributed by atoms with E-state index in [-0.39, 0.29) is 0 Å². The second kappa shape index (κ2) is 9.33. The minimum absolute atomic E-state index is 1.11. The van der Waals surface area contributed by atoms with E-state index in [9.17, 15) is 0 Å². The number of aromatic nitrogens is 1. The molecule has 1 nitrogen and oxygen atoms in total. The Kier molecular flexibility index (Phi) is 7.00. The fourth-order valence-electron chi connectivity index (χ4n) is 2.64. The smallest absolute Gasteiger partial charge is 0.0404 e. The first-order chi connectivity index (χ1) is 10.4. The van der Waals surface area contributed by atoms with Gasteiger partial charge < -0.3 is 0 Å². The Hall–Kier alpha value is -1.63. The van der Waals surface area contributed by atoms with Crippen LogP contribution in [-0.4, -0.2) is 4.98 Å². The molecule has 0 radical (unpaired) electrons. The van der Waals surface area contributed by atoms with Crippen molar-refractivity contribution in [2.24, 2.45) is 0 Å². The molecule has 21 heavy (non-hydrogen) atoms. The molecular weight excluding hydrogens is 254 g/mol. The maximum Gasteiger partial charge on any atom is 0.0404 e. The fraction of sp³-hybridized carbons (Fsp3) is 0.450. The van der Waals surface area contributed by atoms with E-state index in [1.165, 1.54) is 61.8 Å². The predicted octanol–water partition coefficient (Wildman–Crippen LogP) is 6.04. The molecule has 2 rings (SSSR count). The van der Waals surface area contributed by atoms with Crippen molar-refractivity contribution in [3.05, 3.63) is 54.4 Å². The molecule has 0 aliphatic rings. The second-order valence-corrected chi connectivity index (χ2v) is 5.78. The summed E-state index contributed by atoms with van der Waals surface area (Å²) < 4.78 is 0. The number of pyridine rings is 1. The monoisotopic (exact) mass is 281 g/mol. The zero-order valence-electron chi connectivity index (χ0n) is 13.2. The Morgan fingerprint density at radius 1 is 0.714 bits per heavy atom. The van der Waals surface area contributed by atoms with Crippen LogP contribution in [0.2, 0.25) is 0 Å². The lowest BCUT2D eigenvalue weighted by atomic mass is 10.1. The van der Waals surface area contributed by atoms with Crippen LogP contribution in [0, 0.1) is 0 Å². The van der Waals surface area contributed by atoms with E-state index in [0.29, 0.717) is 0 Å². The van der Waals surface area contributed by atoms with Crippen LogP contribution >= 0.6 is 0 Å². The molecule has 0 bridgehead atoms. The Balaban J connectivity index is 1.71. The molecule has 0 amide bonds. The number of rotatable bonds is 9. The SMILES string of the molecule is CCCCCCCCCc1ccc(-c2ccccc2)cn1. The van der Waals surface area contributed by atoms with Crippen molar-refractivity contribution >= 4 is 0 Å². The summed E-state index contributed by atoms with van der Waals surface area (Å²) in [5, 5.41) is 0. The van der Waals surface area contributed by atoms with E-state index in [0.717, 1.165) is 6.42 Å². The zero-order chi connectivity index (χ0) is 14.8. The van der Waals surface area contributed by atoms with Crippen LogP contribution in [0.25, 0.3) is 11.1 Å². The van der Waals surface area contributed by atoms with Gasteiger partial charge >= 0.3 is 0 Å². The zero-order valence-corrected chi connectivity index (χ0v) is 13.2. The molecule has 0 saturated carbocycles. The Morgan fingerprint density at radius 2 is 1.43 bits per heavy atom. The number of hydrogen-bond acceptors (Lipinski definition) is 1. The first-order valence-corrected chi connectivity index (χ1v) is 8.40. The van der Waals surface area contributed by atoms with Crippen molar-refractivity contribution in [2.45, 2.75) is 58.3 Å². The Morgan fingerprint density at radius 3 is 2.10 bits per heavy atom. The van der Waals surface area contributed by atoms with Crippen LogP contribution in [0.4, 0.5) is 0 Å². The molecule has 0 N–H and O–H groups in total. The topological polar surface area (TPSA) is 12.9 Å². The maximum atomic E-state index is 4.60. The van der Waals surface area contributed by atoms with E-state index in [1.807, 2.05) is 12.3 Å². The largest absolute Gasteiger partial charge is 0.261 e. The van der Waals surface area contributed by atoms with Crippen LogP contribution in [0.5, 0.6) is 0 Å². The Bertz CT molecular complexity index is 487. The highest BCUT2D eigenvalue weighted by Gasteiger charge is 1.99. The third-order valence-corrected chi connectivity index (χ3v) is 3.97. The molecule has 0 aliphatic heterocycles. The highest BCUT2D eigenvalue weighted by atomic mass is 14.7. The van der Waals surface area contributed by atoms with Gasteiger partial charge in [-0.1, -0.05) is 81.8 Å². The molecule has 1 heteroatoms. The van der Waals surface area contributed by atoms with E-state index in [2.05, 4.69) is 48.3 Å². The van der Waals surface area contributed by atoms with Gasteiger partial charge in [0.2, 0.25) is 0 Å². The van der Waals surface area contributed by atoms with Crippen LogP contribution in [0.15, 0.2) is 48.7 Å². The van der Waals surface area contributed by atoms with Crippen LogP contribution in [0.3, 0.4) is 0 Å². The molecule has 0 saturated heterocycles. The quantitative estimate of drug-likeness (QED) is 0.510. The summed E-state index contributed by atoms with van der Waals surface area (Å²) in [4.78, 5) is 4.60. The molecule has 0 unspecified atom stereocenters. The number of aryl methyl sites for hydroxylation is 1. The van der Waals surface area contributed by atoms with Gasteiger partial charge in [0.25, 0.3) is 0 Å². The van der Waals surface area contributed by atoms with Gasteiger partial charge in [-0.2, -0.15) is 0 Å². The van der Waals surface area contributed by atoms with Gasteiger partial charge in [-0.05, 0) is 24.5 Å². The van der Waals surface area contributed by atoms with Gasteiger partial charge in [0.15, 0.2) is 0 Å². The summed E-state index contributed by atoms with van der Waals surface area (Å²) in [6.45, 7) is 2.27. The van der Waals surface area contributed by atoms with Crippen LogP contribution in [0.1, 0.15) is 57.6 Å². The minimum atomic E-state index is 1.11. The van der Waals surface area contributed by atoms with Crippen molar-refractivity contribution in [2.75, 3.05) is 0 Å². The van der Waals surface area contributed by atoms with Gasteiger partial charge in [-0.15, -0.1) is 0 Å². The second-order valence-electron chi connectivity index (χ2n) is 5.78. The van der Waals surface area contributed by atoms with E-state index in [4.69, 9.17) is 0 Å². The highest BCUT2D eigenvalue weighted by molar-refractivity contribution is 5.62. The van der Waals surface area contributed by atoms with Crippen LogP contribution < -0.4 is 0 Å². The predicted molar refractivity (Wildman–Crippen MR) is 91.4 cm³/mol. The van der Waals surface area contributed by atoms with Gasteiger partial charge in [0, 0.05) is 17.5 Å². The maximum absolute atomic E-state index is 4.60. The molecule has 0 fully saturated rings. The van der Waals surface area contributed by atoms with Crippen molar-refractivity contribution in [3.8, 4) is 11.1 Å². The third-order valence-electron chi connectivity index (χ3n) is 3.97. The molecule has 1 aromatic heterocycles. The number of nitrogens with zero attached hydrogens (tertiary/aromatic N) is 1. The summed E-state index contributed by atoms with van der Waals surface area (Å²) in [6, 6.07) is 14.8. The van der Waals surface area contributed by atoms with Gasteiger partial charge in [-0.25, -0.2) is 0 Å². The average Bonchev–Trinajstić information content (AvgIpc) is 2.55. The molecule has 2 aromatic rings. The summed E-state index contributed by atoms with van der Waals surface area (Å²) in [5.74, 6) is 0. The van der Waals surface area contributed by atoms with Crippen molar-refractivity contribution in [3.63, 3.8) is 0 Å². The van der Waals surface area contributed by atoms with Crippen molar-refractivity contribution in [1.82, 2.24) is 4.98 Å². The van der Waals surface area contributed by atoms with E-state index >= 15 is 0 Å². The summed E-state index contributed by atoms with van der Waals surface area (Å²) in [6.07, 6.45) is 12.6. The summed E-state index contributed by atoms with van der Waals surface area (Å²) >= 11 is 0. The van der Waals surface area contributed by atoms with Gasteiger partial charge in [0.1, 0.15) is 0 Å². The number of unbranched alkanes of at least 4 members (excludes halogenated alkanes) is 6. The fourth-order valence-corrected chi connectivity index (χ4v) is 2.64. The minimum Gasteiger partial charge on any atom is -0.261 e. The van der Waals surface area contributed by atoms with E-state index < -0.39 is 0 Å². The summed E-state index contributed by atoms with van der Waals surface area (Å²) in [5.41, 5.74) is 3.68. The molecule has 1 heterocycles. The number of hydrogen-bond donors (Lipinski definition) is 0. The molecule has 0 aliphatic carbocycles. The number of benzene rings is 1. The molecular formula is C20H27N. The van der Waals surface area contributed by atoms with Gasteiger partial charge in [-0.3, -0.25) is 4.98 Å². The Labute approximate surface area is 129 Å². The van der Waals surface area contributed by atoms with Gasteiger partial charge in [0.05, 0.1) is 0 Å².